The van der Waals surface area contributed by atoms with Gasteiger partial charge in [-0.2, -0.15) is 0 Å². The molecule has 0 saturated heterocycles. The number of fused-ring (bicyclic) bond motifs is 1. The molecule has 0 bridgehead atoms. The summed E-state index contributed by atoms with van der Waals surface area (Å²) in [6, 6.07) is 21.7. The number of nitrogens with zero attached hydrogens (tertiary/aromatic N) is 3. The van der Waals surface area contributed by atoms with Crippen LogP contribution >= 0.6 is 11.3 Å². The number of nitrogens with one attached hydrogen (secondary N) is 1. The first-order chi connectivity index (χ1) is 14.8. The topological polar surface area (TPSA) is 58.1 Å². The quantitative estimate of drug-likeness (QED) is 0.508. The molecule has 0 saturated carbocycles. The van der Waals surface area contributed by atoms with Gasteiger partial charge < -0.3 is 10.2 Å². The molecule has 5 nitrogen and oxygen atoms in total. The van der Waals surface area contributed by atoms with Crippen molar-refractivity contribution >= 4 is 28.9 Å². The monoisotopic (exact) mass is 412 g/mol. The van der Waals surface area contributed by atoms with E-state index in [2.05, 4.69) is 38.9 Å². The molecule has 1 aliphatic heterocycles. The summed E-state index contributed by atoms with van der Waals surface area (Å²) in [6.07, 6.45) is 4.25. The van der Waals surface area contributed by atoms with E-state index in [4.69, 9.17) is 0 Å². The molecular formula is C24H20N4OS. The average Bonchev–Trinajstić information content (AvgIpc) is 3.28. The average molecular weight is 413 g/mol. The van der Waals surface area contributed by atoms with E-state index in [1.54, 1.807) is 29.8 Å². The van der Waals surface area contributed by atoms with Crippen LogP contribution in [0.25, 0.3) is 0 Å². The van der Waals surface area contributed by atoms with Crippen LogP contribution in [-0.4, -0.2) is 27.3 Å². The van der Waals surface area contributed by atoms with Crippen molar-refractivity contribution in [2.24, 2.45) is 0 Å². The molecule has 2 aromatic heterocycles. The number of hydrogen-bond acceptors (Lipinski definition) is 5. The van der Waals surface area contributed by atoms with Gasteiger partial charge in [0.05, 0.1) is 6.04 Å². The third kappa shape index (κ3) is 3.57. The van der Waals surface area contributed by atoms with Crippen LogP contribution in [0.15, 0.2) is 84.5 Å². The zero-order valence-corrected chi connectivity index (χ0v) is 17.0. The Hall–Kier alpha value is -3.51. The van der Waals surface area contributed by atoms with E-state index in [1.807, 2.05) is 47.4 Å². The molecule has 2 aromatic carbocycles. The molecule has 30 heavy (non-hydrogen) atoms. The second kappa shape index (κ2) is 8.08. The molecule has 4 aromatic rings. The predicted molar refractivity (Wildman–Crippen MR) is 119 cm³/mol. The molecule has 1 amide bonds. The Morgan fingerprint density at radius 1 is 1.00 bits per heavy atom. The van der Waals surface area contributed by atoms with E-state index in [9.17, 15) is 4.79 Å². The lowest BCUT2D eigenvalue weighted by molar-refractivity contribution is 0.0696. The third-order valence-electron chi connectivity index (χ3n) is 5.27. The highest BCUT2D eigenvalue weighted by Gasteiger charge is 2.33. The Balaban J connectivity index is 1.47. The van der Waals surface area contributed by atoms with Crippen LogP contribution in [0.3, 0.4) is 0 Å². The lowest BCUT2D eigenvalue weighted by atomic mass is 9.92. The summed E-state index contributed by atoms with van der Waals surface area (Å²) in [5.41, 5.74) is 3.81. The molecule has 0 aliphatic carbocycles. The van der Waals surface area contributed by atoms with Crippen LogP contribution in [0.1, 0.15) is 32.4 Å². The van der Waals surface area contributed by atoms with Crippen molar-refractivity contribution < 1.29 is 4.79 Å². The van der Waals surface area contributed by atoms with Crippen molar-refractivity contribution in [2.45, 2.75) is 12.5 Å². The fraction of sp³-hybridized carbons (Fsp3) is 0.125. The Morgan fingerprint density at radius 2 is 1.83 bits per heavy atom. The standard InChI is InChI=1S/C24H20N4OS/c29-23(18-8-4-9-19(16-18)27-24-25-12-5-13-26-24)28-14-10-21-20(11-15-30-21)22(28)17-6-2-1-3-7-17/h1-9,11-13,15-16,22H,10,14H2,(H,25,26,27). The Kier molecular flexibility index (Phi) is 4.99. The van der Waals surface area contributed by atoms with E-state index >= 15 is 0 Å². The van der Waals surface area contributed by atoms with E-state index in [-0.39, 0.29) is 11.9 Å². The number of benzene rings is 2. The minimum Gasteiger partial charge on any atom is -0.327 e. The maximum absolute atomic E-state index is 13.6. The smallest absolute Gasteiger partial charge is 0.254 e. The first-order valence-electron chi connectivity index (χ1n) is 9.86. The minimum atomic E-state index is -0.0669. The number of carbonyl (C=O) groups is 1. The molecule has 0 radical (unpaired) electrons. The van der Waals surface area contributed by atoms with E-state index in [0.717, 1.165) is 17.7 Å². The van der Waals surface area contributed by atoms with Crippen LogP contribution in [-0.2, 0) is 6.42 Å². The van der Waals surface area contributed by atoms with Gasteiger partial charge in [0, 0.05) is 35.1 Å². The third-order valence-corrected chi connectivity index (χ3v) is 6.27. The van der Waals surface area contributed by atoms with Crippen molar-refractivity contribution in [3.63, 3.8) is 0 Å². The summed E-state index contributed by atoms with van der Waals surface area (Å²) in [4.78, 5) is 25.3. The van der Waals surface area contributed by atoms with Crippen molar-refractivity contribution in [1.82, 2.24) is 14.9 Å². The molecule has 1 N–H and O–H groups in total. The highest BCUT2D eigenvalue weighted by Crippen LogP contribution is 2.38. The predicted octanol–water partition coefficient (Wildman–Crippen LogP) is 5.07. The van der Waals surface area contributed by atoms with Gasteiger partial charge in [0.15, 0.2) is 0 Å². The second-order valence-corrected chi connectivity index (χ2v) is 8.14. The number of rotatable bonds is 4. The minimum absolute atomic E-state index is 0.0262. The molecule has 0 fully saturated rings. The maximum atomic E-state index is 13.6. The van der Waals surface area contributed by atoms with Gasteiger partial charge in [-0.25, -0.2) is 9.97 Å². The van der Waals surface area contributed by atoms with Crippen LogP contribution in [0.4, 0.5) is 11.6 Å². The van der Waals surface area contributed by atoms with Gasteiger partial charge in [-0.3, -0.25) is 4.79 Å². The van der Waals surface area contributed by atoms with Gasteiger partial charge in [0.1, 0.15) is 0 Å². The van der Waals surface area contributed by atoms with Gasteiger partial charge >= 0.3 is 0 Å². The van der Waals surface area contributed by atoms with Crippen LogP contribution in [0, 0.1) is 0 Å². The SMILES string of the molecule is O=C(c1cccc(Nc2ncccn2)c1)N1CCc2sccc2C1c1ccccc1. The molecule has 0 spiro atoms. The van der Waals surface area contributed by atoms with Crippen molar-refractivity contribution in [3.8, 4) is 0 Å². The van der Waals surface area contributed by atoms with Crippen LogP contribution in [0.2, 0.25) is 0 Å². The summed E-state index contributed by atoms with van der Waals surface area (Å²) >= 11 is 1.78. The molecule has 3 heterocycles. The summed E-state index contributed by atoms with van der Waals surface area (Å²) in [5, 5.41) is 5.29. The normalized spacial score (nSPS) is 15.5. The van der Waals surface area contributed by atoms with E-state index in [1.165, 1.54) is 10.4 Å². The van der Waals surface area contributed by atoms with E-state index in [0.29, 0.717) is 18.1 Å². The molecule has 1 atom stereocenters. The zero-order valence-electron chi connectivity index (χ0n) is 16.2. The maximum Gasteiger partial charge on any atom is 0.254 e. The van der Waals surface area contributed by atoms with Gasteiger partial charge in [0.25, 0.3) is 5.91 Å². The lowest BCUT2D eigenvalue weighted by Gasteiger charge is -2.36. The molecule has 148 valence electrons. The van der Waals surface area contributed by atoms with Gasteiger partial charge in [-0.05, 0) is 53.3 Å². The summed E-state index contributed by atoms with van der Waals surface area (Å²) in [5.74, 6) is 0.531. The highest BCUT2D eigenvalue weighted by atomic mass is 32.1. The molecule has 6 heteroatoms. The highest BCUT2D eigenvalue weighted by molar-refractivity contribution is 7.10. The number of hydrogen-bond donors (Lipinski definition) is 1. The van der Waals surface area contributed by atoms with Gasteiger partial charge in [-0.1, -0.05) is 36.4 Å². The Bertz CT molecular complexity index is 1160. The fourth-order valence-electron chi connectivity index (χ4n) is 3.92. The van der Waals surface area contributed by atoms with Crippen molar-refractivity contribution in [2.75, 3.05) is 11.9 Å². The van der Waals surface area contributed by atoms with Crippen LogP contribution in [0.5, 0.6) is 0 Å². The first kappa shape index (κ1) is 18.5. The van der Waals surface area contributed by atoms with Gasteiger partial charge in [0.2, 0.25) is 5.95 Å². The molecule has 1 aliphatic rings. The second-order valence-electron chi connectivity index (χ2n) is 7.14. The lowest BCUT2D eigenvalue weighted by Crippen LogP contribution is -2.40. The Labute approximate surface area is 179 Å². The van der Waals surface area contributed by atoms with Gasteiger partial charge in [-0.15, -0.1) is 11.3 Å². The van der Waals surface area contributed by atoms with E-state index < -0.39 is 0 Å². The van der Waals surface area contributed by atoms with Crippen molar-refractivity contribution in [3.05, 3.63) is 106 Å². The number of amides is 1. The summed E-state index contributed by atoms with van der Waals surface area (Å²) in [6.45, 7) is 0.700. The van der Waals surface area contributed by atoms with Crippen LogP contribution < -0.4 is 5.32 Å². The summed E-state index contributed by atoms with van der Waals surface area (Å²) < 4.78 is 0. The number of anilines is 2. The first-order valence-corrected chi connectivity index (χ1v) is 10.7. The number of thiophene rings is 1. The molecular weight excluding hydrogens is 392 g/mol. The van der Waals surface area contributed by atoms with Crippen molar-refractivity contribution in [1.29, 1.82) is 0 Å². The number of carbonyl (C=O) groups excluding carboxylic acids is 1. The molecule has 1 unspecified atom stereocenters. The summed E-state index contributed by atoms with van der Waals surface area (Å²) in [7, 11) is 0. The molecule has 5 rings (SSSR count). The largest absolute Gasteiger partial charge is 0.327 e. The zero-order chi connectivity index (χ0) is 20.3. The fourth-order valence-corrected chi connectivity index (χ4v) is 4.82. The Morgan fingerprint density at radius 3 is 2.67 bits per heavy atom. The number of aromatic nitrogens is 2.